The number of hydrogen-bond donors (Lipinski definition) is 0. The Morgan fingerprint density at radius 1 is 0.579 bits per heavy atom. The zero-order valence-electron chi connectivity index (χ0n) is 22.2. The van der Waals surface area contributed by atoms with E-state index < -0.39 is 0 Å². The Labute approximate surface area is 226 Å². The van der Waals surface area contributed by atoms with Gasteiger partial charge >= 0.3 is 0 Å². The van der Waals surface area contributed by atoms with Gasteiger partial charge in [0.25, 0.3) is 0 Å². The minimum Gasteiger partial charge on any atom is -0.372 e. The molecule has 0 atom stereocenters. The van der Waals surface area contributed by atoms with E-state index in [-0.39, 0.29) is 5.78 Å². The molecule has 0 aliphatic carbocycles. The quantitative estimate of drug-likeness (QED) is 0.362. The lowest BCUT2D eigenvalue weighted by Gasteiger charge is -2.30. The molecule has 0 aromatic heterocycles. The second kappa shape index (κ2) is 11.4. The maximum Gasteiger partial charge on any atom is 0.187 e. The van der Waals surface area contributed by atoms with Gasteiger partial charge in [0.15, 0.2) is 5.78 Å². The zero-order valence-corrected chi connectivity index (χ0v) is 22.2. The fraction of sp³-hybridized carbons (Fsp3) is 0.324. The Bertz CT molecular complexity index is 1210. The van der Waals surface area contributed by atoms with Crippen LogP contribution >= 0.6 is 0 Å². The molecule has 0 spiro atoms. The highest BCUT2D eigenvalue weighted by Crippen LogP contribution is 2.27. The van der Waals surface area contributed by atoms with Crippen molar-refractivity contribution in [3.63, 3.8) is 0 Å². The van der Waals surface area contributed by atoms with Crippen molar-refractivity contribution < 1.29 is 4.79 Å². The summed E-state index contributed by atoms with van der Waals surface area (Å²) in [7, 11) is 0. The molecule has 3 aromatic rings. The zero-order chi connectivity index (χ0) is 25.7. The molecule has 3 aliphatic heterocycles. The average Bonchev–Trinajstić information content (AvgIpc) is 3.68. The highest BCUT2D eigenvalue weighted by atomic mass is 16.1. The van der Waals surface area contributed by atoms with Crippen molar-refractivity contribution in [1.29, 1.82) is 0 Å². The van der Waals surface area contributed by atoms with Gasteiger partial charge in [-0.2, -0.15) is 0 Å². The molecule has 3 aromatic carbocycles. The fourth-order valence-corrected chi connectivity index (χ4v) is 5.98. The summed E-state index contributed by atoms with van der Waals surface area (Å²) in [6, 6.07) is 28.0. The van der Waals surface area contributed by atoms with E-state index in [2.05, 4.69) is 106 Å². The number of anilines is 2. The minimum absolute atomic E-state index is 0.168. The largest absolute Gasteiger partial charge is 0.372 e. The summed E-state index contributed by atoms with van der Waals surface area (Å²) in [6.07, 6.45) is 9.28. The number of nitrogens with zero attached hydrogens (tertiary/aromatic N) is 3. The molecule has 3 fully saturated rings. The van der Waals surface area contributed by atoms with Crippen LogP contribution < -0.4 is 9.80 Å². The van der Waals surface area contributed by atoms with Crippen LogP contribution in [0.3, 0.4) is 0 Å². The van der Waals surface area contributed by atoms with Gasteiger partial charge in [0.1, 0.15) is 0 Å². The maximum atomic E-state index is 13.7. The molecule has 0 unspecified atom stereocenters. The van der Waals surface area contributed by atoms with Crippen LogP contribution in [0.2, 0.25) is 0 Å². The molecule has 6 rings (SSSR count). The van der Waals surface area contributed by atoms with E-state index in [1.54, 1.807) is 0 Å². The van der Waals surface area contributed by atoms with Gasteiger partial charge in [-0.1, -0.05) is 54.6 Å². The summed E-state index contributed by atoms with van der Waals surface area (Å²) in [4.78, 5) is 21.0. The standard InChI is InChI=1S/C34H37N3O/c38-34-30(22-27-10-14-32(15-11-27)36-18-4-5-19-36)25-35(24-29-8-2-1-3-9-29)26-31(34)23-28-12-16-33(17-13-28)37-20-6-7-21-37/h1-3,8-17,22-23H,4-7,18-21,24-26H2/b30-22-,31-23+. The third-order valence-corrected chi connectivity index (χ3v) is 8.03. The maximum absolute atomic E-state index is 13.7. The van der Waals surface area contributed by atoms with Crippen LogP contribution in [0.15, 0.2) is 90.0 Å². The number of carbonyl (C=O) groups is 1. The highest BCUT2D eigenvalue weighted by molar-refractivity contribution is 6.14. The monoisotopic (exact) mass is 503 g/mol. The van der Waals surface area contributed by atoms with Crippen molar-refractivity contribution in [2.24, 2.45) is 0 Å². The van der Waals surface area contributed by atoms with E-state index in [0.29, 0.717) is 13.1 Å². The van der Waals surface area contributed by atoms with Crippen molar-refractivity contribution in [2.75, 3.05) is 49.1 Å². The third-order valence-electron chi connectivity index (χ3n) is 8.03. The Morgan fingerprint density at radius 3 is 1.47 bits per heavy atom. The van der Waals surface area contributed by atoms with Crippen LogP contribution in [0, 0.1) is 0 Å². The van der Waals surface area contributed by atoms with Gasteiger partial charge in [-0.3, -0.25) is 9.69 Å². The van der Waals surface area contributed by atoms with E-state index in [0.717, 1.165) is 55.0 Å². The van der Waals surface area contributed by atoms with E-state index in [1.807, 2.05) is 0 Å². The molecule has 3 aliphatic rings. The molecule has 0 amide bonds. The molecule has 194 valence electrons. The molecule has 4 heteroatoms. The fourth-order valence-electron chi connectivity index (χ4n) is 5.98. The summed E-state index contributed by atoms with van der Waals surface area (Å²) < 4.78 is 0. The first-order valence-electron chi connectivity index (χ1n) is 14.1. The van der Waals surface area contributed by atoms with Gasteiger partial charge in [0, 0.05) is 68.3 Å². The van der Waals surface area contributed by atoms with Gasteiger partial charge in [-0.15, -0.1) is 0 Å². The number of piperidine rings is 1. The molecule has 3 saturated heterocycles. The Kier molecular flexibility index (Phi) is 7.41. The number of Topliss-reactive ketones (excluding diaryl/α,β-unsaturated/α-hetero) is 1. The lowest BCUT2D eigenvalue weighted by molar-refractivity contribution is -0.113. The number of benzene rings is 3. The summed E-state index contributed by atoms with van der Waals surface area (Å²) in [5.74, 6) is 0.168. The summed E-state index contributed by atoms with van der Waals surface area (Å²) in [5, 5.41) is 0. The molecule has 3 heterocycles. The molecule has 0 saturated carbocycles. The molecule has 0 bridgehead atoms. The molecule has 4 nitrogen and oxygen atoms in total. The highest BCUT2D eigenvalue weighted by Gasteiger charge is 2.26. The van der Waals surface area contributed by atoms with E-state index in [1.165, 1.54) is 42.6 Å². The molecule has 38 heavy (non-hydrogen) atoms. The SMILES string of the molecule is O=C1/C(=C\c2ccc(N3CCCC3)cc2)CN(Cc2ccccc2)C/C1=C\c1ccc(N2CCCC2)cc1. The second-order valence-electron chi connectivity index (χ2n) is 10.9. The van der Waals surface area contributed by atoms with Crippen molar-refractivity contribution in [1.82, 2.24) is 4.90 Å². The topological polar surface area (TPSA) is 26.8 Å². The number of ketones is 1. The predicted octanol–water partition coefficient (Wildman–Crippen LogP) is 6.44. The van der Waals surface area contributed by atoms with Gasteiger partial charge < -0.3 is 9.80 Å². The first-order chi connectivity index (χ1) is 18.7. The van der Waals surface area contributed by atoms with Crippen LogP contribution in [0.1, 0.15) is 42.4 Å². The van der Waals surface area contributed by atoms with Crippen LogP contribution in [0.4, 0.5) is 11.4 Å². The van der Waals surface area contributed by atoms with Gasteiger partial charge in [-0.05, 0) is 78.8 Å². The van der Waals surface area contributed by atoms with Crippen molar-refractivity contribution in [3.05, 3.63) is 107 Å². The van der Waals surface area contributed by atoms with Gasteiger partial charge in [0.2, 0.25) is 0 Å². The number of rotatable bonds is 6. The first-order valence-corrected chi connectivity index (χ1v) is 14.1. The lowest BCUT2D eigenvalue weighted by atomic mass is 9.93. The van der Waals surface area contributed by atoms with Crippen LogP contribution in [0.25, 0.3) is 12.2 Å². The number of carbonyl (C=O) groups excluding carboxylic acids is 1. The second-order valence-corrected chi connectivity index (χ2v) is 10.9. The molecule has 0 radical (unpaired) electrons. The molecule has 0 N–H and O–H groups in total. The van der Waals surface area contributed by atoms with Crippen molar-refractivity contribution >= 4 is 29.3 Å². The normalized spacial score (nSPS) is 20.7. The van der Waals surface area contributed by atoms with Crippen molar-refractivity contribution in [3.8, 4) is 0 Å². The average molecular weight is 504 g/mol. The van der Waals surface area contributed by atoms with Crippen LogP contribution in [-0.4, -0.2) is 50.0 Å². The molecular weight excluding hydrogens is 466 g/mol. The van der Waals surface area contributed by atoms with Gasteiger partial charge in [0.05, 0.1) is 0 Å². The summed E-state index contributed by atoms with van der Waals surface area (Å²) in [5.41, 5.74) is 7.73. The number of hydrogen-bond acceptors (Lipinski definition) is 4. The van der Waals surface area contributed by atoms with Gasteiger partial charge in [-0.25, -0.2) is 0 Å². The van der Waals surface area contributed by atoms with Crippen LogP contribution in [0.5, 0.6) is 0 Å². The Hall–Kier alpha value is -3.63. The molecular formula is C34H37N3O. The third kappa shape index (κ3) is 5.76. The van der Waals surface area contributed by atoms with E-state index in [4.69, 9.17) is 0 Å². The summed E-state index contributed by atoms with van der Waals surface area (Å²) >= 11 is 0. The van der Waals surface area contributed by atoms with E-state index in [9.17, 15) is 4.79 Å². The minimum atomic E-state index is 0.168. The van der Waals surface area contributed by atoms with Crippen molar-refractivity contribution in [2.45, 2.75) is 32.2 Å². The lowest BCUT2D eigenvalue weighted by Crippen LogP contribution is -2.37. The number of likely N-dealkylation sites (tertiary alicyclic amines) is 1. The predicted molar refractivity (Wildman–Crippen MR) is 158 cm³/mol. The Morgan fingerprint density at radius 2 is 1.03 bits per heavy atom. The Balaban J connectivity index is 1.26. The van der Waals surface area contributed by atoms with Crippen LogP contribution in [-0.2, 0) is 11.3 Å². The summed E-state index contributed by atoms with van der Waals surface area (Å²) in [6.45, 7) is 6.70. The first kappa shape index (κ1) is 24.7. The smallest absolute Gasteiger partial charge is 0.187 e. The van der Waals surface area contributed by atoms with E-state index >= 15 is 0 Å².